The maximum atomic E-state index is 10.8. The number of nitrogens with zero attached hydrogens (tertiary/aromatic N) is 4. The molecule has 0 spiro atoms. The molecule has 1 saturated carbocycles. The highest BCUT2D eigenvalue weighted by molar-refractivity contribution is 7.99. The fraction of sp³-hybridized carbons (Fsp3) is 0.429. The van der Waals surface area contributed by atoms with E-state index in [-0.39, 0.29) is 5.69 Å². The van der Waals surface area contributed by atoms with E-state index in [1.807, 2.05) is 6.92 Å². The number of aryl methyl sites for hydroxylation is 1. The first-order valence-corrected chi connectivity index (χ1v) is 8.01. The first-order chi connectivity index (χ1) is 10.6. The zero-order chi connectivity index (χ0) is 15.7. The minimum Gasteiger partial charge on any atom is -0.388 e. The second-order valence-corrected chi connectivity index (χ2v) is 6.30. The number of nitro benzene ring substituents is 1. The summed E-state index contributed by atoms with van der Waals surface area (Å²) in [4.78, 5) is 10.3. The number of thioether (sulfide) groups is 1. The van der Waals surface area contributed by atoms with Crippen molar-refractivity contribution in [3.8, 4) is 0 Å². The minimum absolute atomic E-state index is 0.0152. The lowest BCUT2D eigenvalue weighted by atomic mass is 10.1. The number of benzene rings is 1. The molecule has 1 aliphatic rings. The van der Waals surface area contributed by atoms with Gasteiger partial charge in [-0.1, -0.05) is 23.9 Å². The molecular formula is C14H16N4O3S. The Labute approximate surface area is 131 Å². The van der Waals surface area contributed by atoms with Gasteiger partial charge in [-0.05, 0) is 25.3 Å². The average Bonchev–Trinajstić information content (AvgIpc) is 3.28. The van der Waals surface area contributed by atoms with E-state index < -0.39 is 11.0 Å². The van der Waals surface area contributed by atoms with Crippen LogP contribution in [-0.4, -0.2) is 30.5 Å². The second-order valence-electron chi connectivity index (χ2n) is 5.31. The highest BCUT2D eigenvalue weighted by Crippen LogP contribution is 2.39. The second kappa shape index (κ2) is 6.05. The largest absolute Gasteiger partial charge is 0.388 e. The molecule has 1 atom stereocenters. The Morgan fingerprint density at radius 2 is 2.27 bits per heavy atom. The molecule has 0 saturated heterocycles. The molecule has 1 fully saturated rings. The van der Waals surface area contributed by atoms with Gasteiger partial charge >= 0.3 is 0 Å². The van der Waals surface area contributed by atoms with Crippen molar-refractivity contribution in [2.24, 2.45) is 0 Å². The third kappa shape index (κ3) is 3.12. The lowest BCUT2D eigenvalue weighted by molar-refractivity contribution is -0.385. The molecule has 1 N–H and O–H groups in total. The zero-order valence-corrected chi connectivity index (χ0v) is 12.9. The third-order valence-electron chi connectivity index (χ3n) is 3.58. The maximum absolute atomic E-state index is 10.8. The monoisotopic (exact) mass is 320 g/mol. The molecule has 22 heavy (non-hydrogen) atoms. The quantitative estimate of drug-likeness (QED) is 0.499. The average molecular weight is 320 g/mol. The fourth-order valence-corrected chi connectivity index (χ4v) is 3.32. The summed E-state index contributed by atoms with van der Waals surface area (Å²) in [6.45, 7) is 1.92. The van der Waals surface area contributed by atoms with E-state index in [9.17, 15) is 15.2 Å². The van der Waals surface area contributed by atoms with Gasteiger partial charge in [0.15, 0.2) is 5.16 Å². The van der Waals surface area contributed by atoms with Gasteiger partial charge in [-0.2, -0.15) is 0 Å². The summed E-state index contributed by atoms with van der Waals surface area (Å²) in [7, 11) is 0. The van der Waals surface area contributed by atoms with Crippen molar-refractivity contribution >= 4 is 17.4 Å². The van der Waals surface area contributed by atoms with Crippen molar-refractivity contribution in [2.45, 2.75) is 37.1 Å². The van der Waals surface area contributed by atoms with Crippen LogP contribution in [0.25, 0.3) is 0 Å². The minimum atomic E-state index is -0.783. The van der Waals surface area contributed by atoms with Crippen LogP contribution in [-0.2, 0) is 0 Å². The molecule has 1 aromatic carbocycles. The van der Waals surface area contributed by atoms with Gasteiger partial charge in [-0.25, -0.2) is 0 Å². The molecule has 116 valence electrons. The van der Waals surface area contributed by atoms with Crippen molar-refractivity contribution in [1.82, 2.24) is 14.8 Å². The molecule has 0 amide bonds. The number of aromatic nitrogens is 3. The van der Waals surface area contributed by atoms with Gasteiger partial charge in [0.2, 0.25) is 0 Å². The third-order valence-corrected chi connectivity index (χ3v) is 4.60. The summed E-state index contributed by atoms with van der Waals surface area (Å²) in [5.41, 5.74) is 0.523. The Balaban J connectivity index is 1.69. The van der Waals surface area contributed by atoms with Gasteiger partial charge in [0.25, 0.3) is 5.69 Å². The van der Waals surface area contributed by atoms with Crippen LogP contribution in [0.15, 0.2) is 29.4 Å². The van der Waals surface area contributed by atoms with Gasteiger partial charge in [0.1, 0.15) is 5.82 Å². The van der Waals surface area contributed by atoms with Gasteiger partial charge in [0, 0.05) is 23.9 Å². The summed E-state index contributed by atoms with van der Waals surface area (Å²) in [6.07, 6.45) is 1.49. The summed E-state index contributed by atoms with van der Waals surface area (Å²) >= 11 is 1.42. The van der Waals surface area contributed by atoms with Crippen molar-refractivity contribution < 1.29 is 10.0 Å². The lowest BCUT2D eigenvalue weighted by Crippen LogP contribution is -2.04. The van der Waals surface area contributed by atoms with Crippen LogP contribution < -0.4 is 0 Å². The Bertz CT molecular complexity index is 699. The van der Waals surface area contributed by atoms with Crippen LogP contribution >= 0.6 is 11.8 Å². The predicted molar refractivity (Wildman–Crippen MR) is 81.8 cm³/mol. The van der Waals surface area contributed by atoms with E-state index in [0.717, 1.165) is 23.8 Å². The molecular weight excluding hydrogens is 304 g/mol. The van der Waals surface area contributed by atoms with Crippen molar-refractivity contribution in [1.29, 1.82) is 0 Å². The van der Waals surface area contributed by atoms with E-state index in [0.29, 0.717) is 17.4 Å². The predicted octanol–water partition coefficient (Wildman–Crippen LogP) is 2.66. The number of aliphatic hydroxyl groups excluding tert-OH is 1. The Morgan fingerprint density at radius 1 is 1.50 bits per heavy atom. The summed E-state index contributed by atoms with van der Waals surface area (Å²) in [5.74, 6) is 1.27. The molecule has 1 heterocycles. The van der Waals surface area contributed by atoms with Gasteiger partial charge in [-0.15, -0.1) is 10.2 Å². The summed E-state index contributed by atoms with van der Waals surface area (Å²) < 4.78 is 2.10. The summed E-state index contributed by atoms with van der Waals surface area (Å²) in [6, 6.07) is 6.57. The smallest absolute Gasteiger partial charge is 0.269 e. The molecule has 3 rings (SSSR count). The number of nitro groups is 1. The first kappa shape index (κ1) is 15.0. The van der Waals surface area contributed by atoms with Gasteiger partial charge < -0.3 is 9.67 Å². The number of hydrogen-bond donors (Lipinski definition) is 1. The molecule has 1 unspecified atom stereocenters. The number of hydrogen-bond acceptors (Lipinski definition) is 6. The Morgan fingerprint density at radius 3 is 2.95 bits per heavy atom. The molecule has 1 aromatic heterocycles. The van der Waals surface area contributed by atoms with E-state index >= 15 is 0 Å². The Hall–Kier alpha value is -1.93. The van der Waals surface area contributed by atoms with E-state index in [1.165, 1.54) is 23.9 Å². The molecule has 8 heteroatoms. The number of aliphatic hydroxyl groups is 1. The summed E-state index contributed by atoms with van der Waals surface area (Å²) in [5, 5.41) is 30.0. The normalized spacial score (nSPS) is 15.7. The zero-order valence-electron chi connectivity index (χ0n) is 12.0. The molecule has 0 radical (unpaired) electrons. The van der Waals surface area contributed by atoms with Crippen LogP contribution in [0.4, 0.5) is 5.69 Å². The van der Waals surface area contributed by atoms with Crippen LogP contribution in [0.3, 0.4) is 0 Å². The van der Waals surface area contributed by atoms with Crippen LogP contribution in [0.2, 0.25) is 0 Å². The van der Waals surface area contributed by atoms with Crippen LogP contribution in [0.1, 0.15) is 36.4 Å². The van der Waals surface area contributed by atoms with Crippen LogP contribution in [0.5, 0.6) is 0 Å². The maximum Gasteiger partial charge on any atom is 0.269 e. The SMILES string of the molecule is Cc1nnc(SCC(O)c2cccc([N+](=O)[O-])c2)n1C1CC1. The van der Waals surface area contributed by atoms with Crippen molar-refractivity contribution in [2.75, 3.05) is 5.75 Å². The lowest BCUT2D eigenvalue weighted by Gasteiger charge is -2.11. The van der Waals surface area contributed by atoms with Crippen molar-refractivity contribution in [3.05, 3.63) is 45.8 Å². The first-order valence-electron chi connectivity index (χ1n) is 7.03. The standard InChI is InChI=1S/C14H16N4O3S/c1-9-15-16-14(17(9)11-5-6-11)22-8-13(19)10-3-2-4-12(7-10)18(20)21/h2-4,7,11,13,19H,5-6,8H2,1H3. The topological polar surface area (TPSA) is 94.1 Å². The molecule has 2 aromatic rings. The Kier molecular flexibility index (Phi) is 4.12. The highest BCUT2D eigenvalue weighted by atomic mass is 32.2. The molecule has 7 nitrogen and oxygen atoms in total. The van der Waals surface area contributed by atoms with E-state index in [4.69, 9.17) is 0 Å². The molecule has 0 bridgehead atoms. The molecule has 1 aliphatic carbocycles. The fourth-order valence-electron chi connectivity index (χ4n) is 2.30. The molecule has 0 aliphatic heterocycles. The number of non-ortho nitro benzene ring substituents is 1. The van der Waals surface area contributed by atoms with Gasteiger partial charge in [0.05, 0.1) is 11.0 Å². The van der Waals surface area contributed by atoms with Crippen molar-refractivity contribution in [3.63, 3.8) is 0 Å². The van der Waals surface area contributed by atoms with E-state index in [1.54, 1.807) is 12.1 Å². The van der Waals surface area contributed by atoms with Crippen LogP contribution in [0, 0.1) is 17.0 Å². The van der Waals surface area contributed by atoms with Gasteiger partial charge in [-0.3, -0.25) is 10.1 Å². The number of rotatable bonds is 6. The highest BCUT2D eigenvalue weighted by Gasteiger charge is 2.28. The van der Waals surface area contributed by atoms with E-state index in [2.05, 4.69) is 14.8 Å².